The first-order chi connectivity index (χ1) is 8.26. The third-order valence-electron chi connectivity index (χ3n) is 3.40. The molecule has 2 unspecified atom stereocenters. The van der Waals surface area contributed by atoms with Crippen LogP contribution in [-0.2, 0) is 6.54 Å². The summed E-state index contributed by atoms with van der Waals surface area (Å²) in [4.78, 5) is 10.9. The van der Waals surface area contributed by atoms with Gasteiger partial charge in [0.1, 0.15) is 0 Å². The van der Waals surface area contributed by atoms with E-state index in [4.69, 9.17) is 0 Å². The lowest BCUT2D eigenvalue weighted by atomic mass is 10.0. The van der Waals surface area contributed by atoms with Crippen LogP contribution in [0.1, 0.15) is 18.9 Å². The lowest BCUT2D eigenvalue weighted by Crippen LogP contribution is -2.36. The van der Waals surface area contributed by atoms with Crippen LogP contribution in [0.2, 0.25) is 0 Å². The Balaban J connectivity index is 2.11. The molecular formula is C12H20N4O. The van der Waals surface area contributed by atoms with Gasteiger partial charge in [-0.1, -0.05) is 6.92 Å². The molecule has 0 saturated carbocycles. The minimum absolute atomic E-state index is 0.158. The first kappa shape index (κ1) is 12.3. The van der Waals surface area contributed by atoms with Crippen LogP contribution in [-0.4, -0.2) is 41.3 Å². The fraction of sp³-hybridized carbons (Fsp3) is 0.667. The molecule has 2 heterocycles. The van der Waals surface area contributed by atoms with Crippen molar-refractivity contribution in [3.05, 3.63) is 18.0 Å². The molecular weight excluding hydrogens is 216 g/mol. The van der Waals surface area contributed by atoms with Crippen molar-refractivity contribution in [3.8, 4) is 0 Å². The predicted octanol–water partition coefficient (Wildman–Crippen LogP) is 0.403. The molecule has 94 valence electrons. The zero-order valence-electron chi connectivity index (χ0n) is 10.4. The maximum Gasteiger partial charge on any atom is 0.225 e. The summed E-state index contributed by atoms with van der Waals surface area (Å²) in [6, 6.07) is 0.158. The summed E-state index contributed by atoms with van der Waals surface area (Å²) in [5.41, 5.74) is 1.07. The zero-order chi connectivity index (χ0) is 12.3. The van der Waals surface area contributed by atoms with E-state index < -0.39 is 0 Å². The Morgan fingerprint density at radius 2 is 2.18 bits per heavy atom. The van der Waals surface area contributed by atoms with Gasteiger partial charge >= 0.3 is 0 Å². The Hall–Kier alpha value is -1.20. The van der Waals surface area contributed by atoms with Gasteiger partial charge < -0.3 is 15.3 Å². The smallest absolute Gasteiger partial charge is 0.225 e. The number of hydrogen-bond donors (Lipinski definition) is 2. The molecule has 0 spiro atoms. The predicted molar refractivity (Wildman–Crippen MR) is 66.8 cm³/mol. The molecule has 1 saturated heterocycles. The van der Waals surface area contributed by atoms with E-state index in [-0.39, 0.29) is 12.6 Å². The van der Waals surface area contributed by atoms with Crippen molar-refractivity contribution in [3.63, 3.8) is 0 Å². The third kappa shape index (κ3) is 2.56. The van der Waals surface area contributed by atoms with E-state index in [1.54, 1.807) is 0 Å². The van der Waals surface area contributed by atoms with E-state index in [0.717, 1.165) is 31.0 Å². The van der Waals surface area contributed by atoms with E-state index in [0.29, 0.717) is 5.92 Å². The van der Waals surface area contributed by atoms with E-state index in [2.05, 4.69) is 27.1 Å². The molecule has 1 aliphatic heterocycles. The monoisotopic (exact) mass is 236 g/mol. The van der Waals surface area contributed by atoms with Crippen LogP contribution in [0.3, 0.4) is 0 Å². The van der Waals surface area contributed by atoms with Gasteiger partial charge in [-0.05, 0) is 19.4 Å². The Bertz CT molecular complexity index is 354. The first-order valence-electron chi connectivity index (χ1n) is 6.09. The van der Waals surface area contributed by atoms with Gasteiger partial charge in [0.05, 0.1) is 12.6 Å². The summed E-state index contributed by atoms with van der Waals surface area (Å²) in [5.74, 6) is 1.23. The summed E-state index contributed by atoms with van der Waals surface area (Å²) in [5, 5.41) is 12.5. The molecule has 2 N–H and O–H groups in total. The van der Waals surface area contributed by atoms with Gasteiger partial charge in [0, 0.05) is 31.0 Å². The van der Waals surface area contributed by atoms with Crippen LogP contribution >= 0.6 is 0 Å². The second-order valence-corrected chi connectivity index (χ2v) is 4.63. The molecule has 0 amide bonds. The van der Waals surface area contributed by atoms with Gasteiger partial charge in [0.2, 0.25) is 5.95 Å². The van der Waals surface area contributed by atoms with E-state index in [1.165, 1.54) is 0 Å². The van der Waals surface area contributed by atoms with Crippen molar-refractivity contribution < 1.29 is 5.11 Å². The Kier molecular flexibility index (Phi) is 3.91. The molecule has 5 heteroatoms. The molecule has 5 nitrogen and oxygen atoms in total. The quantitative estimate of drug-likeness (QED) is 0.792. The average molecular weight is 236 g/mol. The van der Waals surface area contributed by atoms with Crippen LogP contribution in [0.15, 0.2) is 12.4 Å². The number of aliphatic hydroxyl groups is 1. The summed E-state index contributed by atoms with van der Waals surface area (Å²) >= 11 is 0. The maximum atomic E-state index is 9.40. The molecule has 2 atom stereocenters. The molecule has 2 rings (SSSR count). The number of nitrogens with zero attached hydrogens (tertiary/aromatic N) is 3. The molecule has 0 radical (unpaired) electrons. The third-order valence-corrected chi connectivity index (χ3v) is 3.40. The molecule has 1 fully saturated rings. The highest BCUT2D eigenvalue weighted by Crippen LogP contribution is 2.26. The normalized spacial score (nSPS) is 24.3. The summed E-state index contributed by atoms with van der Waals surface area (Å²) in [7, 11) is 1.90. The molecule has 0 aliphatic carbocycles. The van der Waals surface area contributed by atoms with Crippen molar-refractivity contribution in [1.29, 1.82) is 0 Å². The van der Waals surface area contributed by atoms with Crippen molar-refractivity contribution in [2.75, 3.05) is 25.1 Å². The van der Waals surface area contributed by atoms with Crippen LogP contribution in [0.5, 0.6) is 0 Å². The molecule has 0 aromatic carbocycles. The van der Waals surface area contributed by atoms with Gasteiger partial charge in [-0.3, -0.25) is 0 Å². The van der Waals surface area contributed by atoms with E-state index in [9.17, 15) is 5.11 Å². The van der Waals surface area contributed by atoms with E-state index in [1.807, 2.05) is 19.4 Å². The summed E-state index contributed by atoms with van der Waals surface area (Å²) in [6.07, 6.45) is 4.78. The largest absolute Gasteiger partial charge is 0.394 e. The molecule has 1 aromatic heterocycles. The summed E-state index contributed by atoms with van der Waals surface area (Å²) in [6.45, 7) is 4.04. The highest BCUT2D eigenvalue weighted by Gasteiger charge is 2.31. The fourth-order valence-corrected chi connectivity index (χ4v) is 2.33. The lowest BCUT2D eigenvalue weighted by Gasteiger charge is -2.25. The minimum Gasteiger partial charge on any atom is -0.394 e. The molecule has 1 aliphatic rings. The standard InChI is InChI=1S/C12H20N4O/c1-9-3-4-16(11(9)8-17)12-14-6-10(5-13-2)7-15-12/h6-7,9,11,13,17H,3-5,8H2,1-2H3. The van der Waals surface area contributed by atoms with Gasteiger partial charge in [-0.25, -0.2) is 9.97 Å². The number of aliphatic hydroxyl groups excluding tert-OH is 1. The Morgan fingerprint density at radius 1 is 1.47 bits per heavy atom. The second-order valence-electron chi connectivity index (χ2n) is 4.63. The maximum absolute atomic E-state index is 9.40. The van der Waals surface area contributed by atoms with Gasteiger partial charge in [-0.15, -0.1) is 0 Å². The average Bonchev–Trinajstić information content (AvgIpc) is 2.72. The first-order valence-corrected chi connectivity index (χ1v) is 6.09. The van der Waals surface area contributed by atoms with Crippen molar-refractivity contribution in [2.24, 2.45) is 5.92 Å². The second kappa shape index (κ2) is 5.42. The highest BCUT2D eigenvalue weighted by atomic mass is 16.3. The Morgan fingerprint density at radius 3 is 2.76 bits per heavy atom. The van der Waals surface area contributed by atoms with Crippen LogP contribution in [0.4, 0.5) is 5.95 Å². The van der Waals surface area contributed by atoms with Crippen molar-refractivity contribution >= 4 is 5.95 Å². The number of rotatable bonds is 4. The Labute approximate surface area is 102 Å². The molecule has 17 heavy (non-hydrogen) atoms. The van der Waals surface area contributed by atoms with Crippen molar-refractivity contribution in [1.82, 2.24) is 15.3 Å². The van der Waals surface area contributed by atoms with E-state index >= 15 is 0 Å². The van der Waals surface area contributed by atoms with Crippen LogP contribution < -0.4 is 10.2 Å². The van der Waals surface area contributed by atoms with Gasteiger partial charge in [0.25, 0.3) is 0 Å². The van der Waals surface area contributed by atoms with Crippen LogP contribution in [0, 0.1) is 5.92 Å². The SMILES string of the molecule is CNCc1cnc(N2CCC(C)C2CO)nc1. The summed E-state index contributed by atoms with van der Waals surface area (Å²) < 4.78 is 0. The van der Waals surface area contributed by atoms with Gasteiger partial charge in [0.15, 0.2) is 0 Å². The molecule has 1 aromatic rings. The number of aromatic nitrogens is 2. The topological polar surface area (TPSA) is 61.3 Å². The van der Waals surface area contributed by atoms with Crippen molar-refractivity contribution in [2.45, 2.75) is 25.9 Å². The number of hydrogen-bond acceptors (Lipinski definition) is 5. The fourth-order valence-electron chi connectivity index (χ4n) is 2.33. The highest BCUT2D eigenvalue weighted by molar-refractivity contribution is 5.34. The minimum atomic E-state index is 0.158. The van der Waals surface area contributed by atoms with Crippen LogP contribution in [0.25, 0.3) is 0 Å². The molecule has 0 bridgehead atoms. The number of anilines is 1. The number of nitrogens with one attached hydrogen (secondary N) is 1. The van der Waals surface area contributed by atoms with Gasteiger partial charge in [-0.2, -0.15) is 0 Å². The lowest BCUT2D eigenvalue weighted by molar-refractivity contribution is 0.244. The zero-order valence-corrected chi connectivity index (χ0v) is 10.4.